The second-order valence-corrected chi connectivity index (χ2v) is 9.15. The first-order valence-corrected chi connectivity index (χ1v) is 11.4. The lowest BCUT2D eigenvalue weighted by Gasteiger charge is -2.34. The third-order valence-electron chi connectivity index (χ3n) is 5.28. The minimum atomic E-state index is -3.66. The van der Waals surface area contributed by atoms with Gasteiger partial charge in [-0.2, -0.15) is 4.31 Å². The topological polar surface area (TPSA) is 79.4 Å². The van der Waals surface area contributed by atoms with E-state index in [1.165, 1.54) is 0 Å². The largest absolute Gasteiger partial charge is 0.322 e. The van der Waals surface area contributed by atoms with E-state index in [-0.39, 0.29) is 16.8 Å². The summed E-state index contributed by atoms with van der Waals surface area (Å²) >= 11 is 0. The van der Waals surface area contributed by atoms with Crippen molar-refractivity contribution in [1.82, 2.24) is 9.29 Å². The van der Waals surface area contributed by atoms with Crippen LogP contribution >= 0.6 is 0 Å². The Morgan fingerprint density at radius 3 is 2.43 bits per heavy atom. The van der Waals surface area contributed by atoms with E-state index in [9.17, 15) is 13.2 Å². The van der Waals surface area contributed by atoms with Crippen LogP contribution in [-0.4, -0.2) is 30.2 Å². The standard InChI is InChI=1S/C23H23N3O3S/c27-23(18-7-2-1-3-8-18)25-20-11-13-21(14-12-20)30(28,29)26-16-5-4-10-22(26)19-9-6-15-24-17-19/h1-3,6-9,11-15,17,22H,4-5,10,16H2,(H,25,27). The summed E-state index contributed by atoms with van der Waals surface area (Å²) in [6.45, 7) is 0.481. The van der Waals surface area contributed by atoms with Gasteiger partial charge in [0.25, 0.3) is 5.91 Å². The van der Waals surface area contributed by atoms with Crippen LogP contribution in [0.3, 0.4) is 0 Å². The Kier molecular flexibility index (Phi) is 5.92. The van der Waals surface area contributed by atoms with Crippen LogP contribution in [0.25, 0.3) is 0 Å². The SMILES string of the molecule is O=C(Nc1ccc(S(=O)(=O)N2CCCCC2c2cccnc2)cc1)c1ccccc1. The Morgan fingerprint density at radius 1 is 0.967 bits per heavy atom. The fourth-order valence-electron chi connectivity index (χ4n) is 3.74. The van der Waals surface area contributed by atoms with E-state index in [2.05, 4.69) is 10.3 Å². The molecule has 1 aliphatic rings. The van der Waals surface area contributed by atoms with Crippen LogP contribution in [0.15, 0.2) is 84.0 Å². The summed E-state index contributed by atoms with van der Waals surface area (Å²) in [4.78, 5) is 16.7. The molecule has 1 unspecified atom stereocenters. The van der Waals surface area contributed by atoms with Gasteiger partial charge in [0.2, 0.25) is 10.0 Å². The van der Waals surface area contributed by atoms with Crippen LogP contribution in [-0.2, 0) is 10.0 Å². The molecule has 3 aromatic rings. The van der Waals surface area contributed by atoms with Gasteiger partial charge in [0.05, 0.1) is 10.9 Å². The molecule has 1 saturated heterocycles. The molecule has 1 atom stereocenters. The normalized spacial score (nSPS) is 17.4. The van der Waals surface area contributed by atoms with Crippen molar-refractivity contribution in [2.24, 2.45) is 0 Å². The number of hydrogen-bond donors (Lipinski definition) is 1. The Hall–Kier alpha value is -3.03. The van der Waals surface area contributed by atoms with E-state index in [0.717, 1.165) is 24.8 Å². The van der Waals surface area contributed by atoms with Gasteiger partial charge in [0, 0.05) is 30.2 Å². The van der Waals surface area contributed by atoms with Gasteiger partial charge in [-0.1, -0.05) is 30.7 Å². The third-order valence-corrected chi connectivity index (χ3v) is 7.20. The number of rotatable bonds is 5. The highest BCUT2D eigenvalue weighted by molar-refractivity contribution is 7.89. The Labute approximate surface area is 176 Å². The first-order valence-electron chi connectivity index (χ1n) is 9.94. The molecule has 0 radical (unpaired) electrons. The minimum absolute atomic E-state index is 0.213. The highest BCUT2D eigenvalue weighted by Crippen LogP contribution is 2.35. The van der Waals surface area contributed by atoms with Gasteiger partial charge in [0.1, 0.15) is 0 Å². The number of sulfonamides is 1. The molecule has 4 rings (SSSR count). The van der Waals surface area contributed by atoms with E-state index >= 15 is 0 Å². The fraction of sp³-hybridized carbons (Fsp3) is 0.217. The molecule has 154 valence electrons. The summed E-state index contributed by atoms with van der Waals surface area (Å²) < 4.78 is 28.3. The number of amides is 1. The molecule has 1 aromatic heterocycles. The average Bonchev–Trinajstić information content (AvgIpc) is 2.80. The summed E-state index contributed by atoms with van der Waals surface area (Å²) in [7, 11) is -3.66. The van der Waals surface area contributed by atoms with Crippen molar-refractivity contribution < 1.29 is 13.2 Å². The number of anilines is 1. The van der Waals surface area contributed by atoms with Crippen LogP contribution < -0.4 is 5.32 Å². The number of carbonyl (C=O) groups is 1. The van der Waals surface area contributed by atoms with Gasteiger partial charge < -0.3 is 5.32 Å². The molecular weight excluding hydrogens is 398 g/mol. The van der Waals surface area contributed by atoms with E-state index in [1.807, 2.05) is 18.2 Å². The molecule has 1 aliphatic heterocycles. The van der Waals surface area contributed by atoms with Gasteiger partial charge in [-0.25, -0.2) is 8.42 Å². The zero-order valence-corrected chi connectivity index (χ0v) is 17.3. The lowest BCUT2D eigenvalue weighted by molar-refractivity contribution is 0.102. The highest BCUT2D eigenvalue weighted by Gasteiger charge is 2.34. The molecule has 2 heterocycles. The average molecular weight is 422 g/mol. The Bertz CT molecular complexity index is 1100. The maximum Gasteiger partial charge on any atom is 0.255 e. The molecule has 0 aliphatic carbocycles. The molecular formula is C23H23N3O3S. The van der Waals surface area contributed by atoms with Crippen molar-refractivity contribution in [1.29, 1.82) is 0 Å². The van der Waals surface area contributed by atoms with Gasteiger partial charge in [-0.3, -0.25) is 9.78 Å². The summed E-state index contributed by atoms with van der Waals surface area (Å²) in [5.41, 5.74) is 2.00. The first kappa shape index (κ1) is 20.3. The highest BCUT2D eigenvalue weighted by atomic mass is 32.2. The van der Waals surface area contributed by atoms with Crippen LogP contribution in [0.5, 0.6) is 0 Å². The monoisotopic (exact) mass is 421 g/mol. The smallest absolute Gasteiger partial charge is 0.255 e. The molecule has 6 nitrogen and oxygen atoms in total. The maximum absolute atomic E-state index is 13.3. The van der Waals surface area contributed by atoms with Gasteiger partial charge in [-0.05, 0) is 60.9 Å². The van der Waals surface area contributed by atoms with Gasteiger partial charge >= 0.3 is 0 Å². The van der Waals surface area contributed by atoms with Crippen molar-refractivity contribution >= 4 is 21.6 Å². The molecule has 7 heteroatoms. The van der Waals surface area contributed by atoms with Crippen molar-refractivity contribution in [3.63, 3.8) is 0 Å². The number of nitrogens with one attached hydrogen (secondary N) is 1. The number of benzene rings is 2. The van der Waals surface area contributed by atoms with Crippen molar-refractivity contribution in [3.05, 3.63) is 90.3 Å². The lowest BCUT2D eigenvalue weighted by Crippen LogP contribution is -2.38. The molecule has 0 spiro atoms. The molecule has 2 aromatic carbocycles. The Balaban J connectivity index is 1.54. The summed E-state index contributed by atoms with van der Waals surface area (Å²) in [5, 5.41) is 2.80. The second-order valence-electron chi connectivity index (χ2n) is 7.26. The molecule has 0 saturated carbocycles. The predicted molar refractivity (Wildman–Crippen MR) is 116 cm³/mol. The number of hydrogen-bond acceptors (Lipinski definition) is 4. The van der Waals surface area contributed by atoms with Crippen molar-refractivity contribution in [2.45, 2.75) is 30.2 Å². The van der Waals surface area contributed by atoms with Crippen LogP contribution in [0.4, 0.5) is 5.69 Å². The number of piperidine rings is 1. The van der Waals surface area contributed by atoms with E-state index in [1.54, 1.807) is 65.2 Å². The van der Waals surface area contributed by atoms with E-state index in [0.29, 0.717) is 17.8 Å². The quantitative estimate of drug-likeness (QED) is 0.668. The molecule has 30 heavy (non-hydrogen) atoms. The van der Waals surface area contributed by atoms with Crippen molar-refractivity contribution in [2.75, 3.05) is 11.9 Å². The predicted octanol–water partition coefficient (Wildman–Crippen LogP) is 4.25. The molecule has 1 amide bonds. The summed E-state index contributed by atoms with van der Waals surface area (Å²) in [6, 6.07) is 18.8. The van der Waals surface area contributed by atoms with E-state index in [4.69, 9.17) is 0 Å². The van der Waals surface area contributed by atoms with Gasteiger partial charge in [0.15, 0.2) is 0 Å². The Morgan fingerprint density at radius 2 is 1.73 bits per heavy atom. The summed E-state index contributed by atoms with van der Waals surface area (Å²) in [5.74, 6) is -0.237. The number of nitrogens with zero attached hydrogens (tertiary/aromatic N) is 2. The van der Waals surface area contributed by atoms with Crippen LogP contribution in [0, 0.1) is 0 Å². The second kappa shape index (κ2) is 8.77. The summed E-state index contributed by atoms with van der Waals surface area (Å²) in [6.07, 6.45) is 6.02. The molecule has 1 fully saturated rings. The number of aromatic nitrogens is 1. The lowest BCUT2D eigenvalue weighted by atomic mass is 9.99. The zero-order valence-electron chi connectivity index (χ0n) is 16.4. The molecule has 1 N–H and O–H groups in total. The fourth-order valence-corrected chi connectivity index (χ4v) is 5.42. The number of pyridine rings is 1. The zero-order chi connectivity index (χ0) is 21.0. The van der Waals surface area contributed by atoms with Crippen LogP contribution in [0.1, 0.15) is 41.2 Å². The van der Waals surface area contributed by atoms with Crippen molar-refractivity contribution in [3.8, 4) is 0 Å². The van der Waals surface area contributed by atoms with Gasteiger partial charge in [-0.15, -0.1) is 0 Å². The third kappa shape index (κ3) is 4.27. The number of carbonyl (C=O) groups excluding carboxylic acids is 1. The first-order chi connectivity index (χ1) is 14.6. The van der Waals surface area contributed by atoms with E-state index < -0.39 is 10.0 Å². The minimum Gasteiger partial charge on any atom is -0.322 e. The maximum atomic E-state index is 13.3. The molecule has 0 bridgehead atoms. The van der Waals surface area contributed by atoms with Crippen LogP contribution in [0.2, 0.25) is 0 Å².